The van der Waals surface area contributed by atoms with E-state index in [0.29, 0.717) is 16.9 Å². The van der Waals surface area contributed by atoms with Crippen LogP contribution >= 0.6 is 28.8 Å². The van der Waals surface area contributed by atoms with Gasteiger partial charge in [-0.3, -0.25) is 25.8 Å². The van der Waals surface area contributed by atoms with Crippen LogP contribution in [0.15, 0.2) is 146 Å². The molecule has 3 heterocycles. The van der Waals surface area contributed by atoms with Gasteiger partial charge in [-0.15, -0.1) is 69.8 Å². The van der Waals surface area contributed by atoms with E-state index in [-0.39, 0.29) is 81.9 Å². The van der Waals surface area contributed by atoms with Crippen LogP contribution in [0.1, 0.15) is 291 Å². The average Bonchev–Trinajstić information content (AvgIpc) is 0.798. The molecular formula is C99H131Cl4Ir3N3O4-. The third kappa shape index (κ3) is 32.8. The Morgan fingerprint density at radius 1 is 0.478 bits per heavy atom. The first kappa shape index (κ1) is 101. The Morgan fingerprint density at radius 3 is 1.08 bits per heavy atom. The second kappa shape index (κ2) is 53.6. The Labute approximate surface area is 731 Å². The minimum atomic E-state index is -1.92. The molecule has 3 aliphatic rings. The van der Waals surface area contributed by atoms with E-state index in [9.17, 15) is 19.5 Å². The van der Waals surface area contributed by atoms with Gasteiger partial charge in [0.2, 0.25) is 0 Å². The number of aliphatic hydroxyl groups excluding tert-OH is 1. The van der Waals surface area contributed by atoms with Crippen LogP contribution in [0.5, 0.6) is 0 Å². The summed E-state index contributed by atoms with van der Waals surface area (Å²) in [4.78, 5) is 47.3. The minimum absolute atomic E-state index is 0. The number of hydrogen-bond acceptors (Lipinski definition) is 6. The van der Waals surface area contributed by atoms with Crippen molar-refractivity contribution in [3.05, 3.63) is 214 Å². The van der Waals surface area contributed by atoms with Crippen molar-refractivity contribution < 1.29 is 84.8 Å². The van der Waals surface area contributed by atoms with E-state index in [2.05, 4.69) is 179 Å². The van der Waals surface area contributed by atoms with Crippen LogP contribution in [-0.4, -0.2) is 47.6 Å². The summed E-state index contributed by atoms with van der Waals surface area (Å²) in [5.41, 5.74) is 18.6. The fourth-order valence-electron chi connectivity index (χ4n) is 16.2. The smallest absolute Gasteiger partial charge is 0 e. The number of ketones is 3. The predicted octanol–water partition coefficient (Wildman–Crippen LogP) is 29.5. The van der Waals surface area contributed by atoms with Gasteiger partial charge in [-0.25, -0.2) is 0 Å². The van der Waals surface area contributed by atoms with E-state index in [1.54, 1.807) is 6.08 Å². The number of benzene rings is 6. The van der Waals surface area contributed by atoms with Gasteiger partial charge in [-0.1, -0.05) is 213 Å². The van der Waals surface area contributed by atoms with Crippen LogP contribution < -0.4 is 0 Å². The number of alkyl halides is 1. The van der Waals surface area contributed by atoms with Crippen LogP contribution in [0, 0.1) is 95.4 Å². The summed E-state index contributed by atoms with van der Waals surface area (Å²) in [6.07, 6.45) is 37.1. The average molecular weight is 2150 g/mol. The van der Waals surface area contributed by atoms with Gasteiger partial charge < -0.3 is 15.1 Å². The van der Waals surface area contributed by atoms with Crippen LogP contribution in [0.3, 0.4) is 0 Å². The Kier molecular flexibility index (Phi) is 47.7. The first-order chi connectivity index (χ1) is 53.3. The fourth-order valence-corrected chi connectivity index (χ4v) is 16.2. The normalized spacial score (nSPS) is 14.2. The molecule has 2 radical (unpaired) electrons. The molecule has 3 saturated carbocycles. The molecule has 113 heavy (non-hydrogen) atoms. The molecule has 1 atom stereocenters. The summed E-state index contributed by atoms with van der Waals surface area (Å²) >= 11 is 2.81. The Bertz CT molecular complexity index is 3930. The predicted molar refractivity (Wildman–Crippen MR) is 472 cm³/mol. The number of aliphatic hydroxyl groups is 1. The topological polar surface area (TPSA) is 114 Å². The zero-order valence-electron chi connectivity index (χ0n) is 70.5. The molecule has 12 rings (SSSR count). The van der Waals surface area contributed by atoms with Gasteiger partial charge in [0.25, 0.3) is 0 Å². The quantitative estimate of drug-likeness (QED) is 0.0181. The molecule has 9 aromatic rings. The van der Waals surface area contributed by atoms with E-state index in [4.69, 9.17) is 45.3 Å². The van der Waals surface area contributed by atoms with E-state index in [0.717, 1.165) is 97.3 Å². The third-order valence-corrected chi connectivity index (χ3v) is 23.0. The van der Waals surface area contributed by atoms with Crippen molar-refractivity contribution in [2.75, 3.05) is 0 Å². The maximum Gasteiger partial charge on any atom is 0 e. The number of nitrogens with zero attached hydrogens (tertiary/aromatic N) is 3. The molecule has 0 saturated heterocycles. The van der Waals surface area contributed by atoms with Gasteiger partial charge in [-0.2, -0.15) is 6.92 Å². The number of fused-ring (bicyclic) bond motifs is 3. The van der Waals surface area contributed by atoms with Crippen LogP contribution in [-0.2, 0) is 63.3 Å². The van der Waals surface area contributed by atoms with Crippen molar-refractivity contribution in [3.8, 4) is 33.8 Å². The summed E-state index contributed by atoms with van der Waals surface area (Å²) in [6, 6.07) is 49.8. The molecule has 3 fully saturated rings. The van der Waals surface area contributed by atoms with Crippen molar-refractivity contribution in [1.29, 1.82) is 0 Å². The summed E-state index contributed by atoms with van der Waals surface area (Å²) in [5, 5.41) is 17.8. The molecule has 0 aliphatic heterocycles. The first-order valence-corrected chi connectivity index (χ1v) is 51.1. The van der Waals surface area contributed by atoms with E-state index in [1.165, 1.54) is 184 Å². The molecule has 3 aliphatic carbocycles. The van der Waals surface area contributed by atoms with E-state index < -0.39 is 13.5 Å². The molecule has 0 amide bonds. The second-order valence-electron chi connectivity index (χ2n) is 31.1. The SMILES string of the molecule is CCC(CC)C(=O)CC(=O)C(CC)CC.CCC(CC)C(=[OH+])C=C(O)C(CC)CC.C[CH-]C(C)[ClH+].Cc1[c-]c(-c2nccc3cc(C4CCCCC4)ccc23)cc(C)c1.Cc1[c-]c(-c2nccc3cc(C4CCCCC4)ccc23)cc(C)c1.Cc1cc(C)cc(-c2nccc3cc(C4CCCCC4)ccc23)c1.[Cl][Ir]([Cl])[Cl].[Ir].[Ir]. The number of carbonyl (C=O) groups is 2. The van der Waals surface area contributed by atoms with Crippen molar-refractivity contribution in [1.82, 2.24) is 15.0 Å². The van der Waals surface area contributed by atoms with Gasteiger partial charge in [0.15, 0.2) is 0 Å². The van der Waals surface area contributed by atoms with Crippen molar-refractivity contribution in [3.63, 3.8) is 0 Å². The number of allylic oxidation sites excluding steroid dienone is 2. The summed E-state index contributed by atoms with van der Waals surface area (Å²) in [6.45, 7) is 33.0. The zero-order chi connectivity index (χ0) is 81.1. The molecule has 1 unspecified atom stereocenters. The number of halogens is 4. The van der Waals surface area contributed by atoms with Gasteiger partial charge in [0.05, 0.1) is 41.1 Å². The van der Waals surface area contributed by atoms with Crippen molar-refractivity contribution >= 4 is 78.4 Å². The maximum atomic E-state index is 11.7. The van der Waals surface area contributed by atoms with Gasteiger partial charge >= 0.3 is 48.0 Å². The molecule has 622 valence electrons. The summed E-state index contributed by atoms with van der Waals surface area (Å²) < 4.78 is 0. The Hall–Kier alpha value is -4.79. The van der Waals surface area contributed by atoms with Crippen LogP contribution in [0.2, 0.25) is 0 Å². The minimum Gasteiger partial charge on any atom is 0 e. The molecule has 0 spiro atoms. The van der Waals surface area contributed by atoms with Crippen LogP contribution in [0.25, 0.3) is 66.1 Å². The Morgan fingerprint density at radius 2 is 0.779 bits per heavy atom. The number of aromatic nitrogens is 3. The number of hydrogen-bond donors (Lipinski definition) is 1. The van der Waals surface area contributed by atoms with Crippen LogP contribution in [0.4, 0.5) is 0 Å². The molecule has 7 nitrogen and oxygen atoms in total. The molecule has 14 heteroatoms. The van der Waals surface area contributed by atoms with Crippen molar-refractivity contribution in [2.45, 2.75) is 288 Å². The number of rotatable bonds is 22. The monoisotopic (exact) mass is 2140 g/mol. The van der Waals surface area contributed by atoms with Gasteiger partial charge in [0.1, 0.15) is 17.3 Å². The number of carbonyl (C=O) groups excluding carboxylic acids is 3. The standard InChI is InChI=1S/C23H25N.2C23H24N.2C13H24O2.C4H9Cl.3ClH.3Ir/c3*1-16-12-17(2)14-21(13-16)23-22-9-8-19(15-20(22)10-11-24-23)18-6-4-3-5-7-18;2*1-5-10(6-2)12(14)9-13(15)11(7-3)8-4;1-3-4(2)5;;;;;;/h8-15,18H,3-7H2,1-2H3;2*8-13,15,18H,3-7H2,1-2H3;10-11H,5-9H2,1-4H3;9-11,14H,5-8H2,1-4H3;3-5H,1-2H3;3*1H;;;/q;2*-1;;;;;;;;;+3/p-2. The summed E-state index contributed by atoms with van der Waals surface area (Å²) in [7, 11) is 14.9. The number of pyridine rings is 3. The number of aryl methyl sites for hydroxylation is 6. The first-order valence-electron chi connectivity index (χ1n) is 41.7. The molecular weight excluding hydrogens is 2010 g/mol. The molecule has 0 bridgehead atoms. The molecule has 3 aromatic heterocycles. The second-order valence-corrected chi connectivity index (χ2v) is 42.3. The summed E-state index contributed by atoms with van der Waals surface area (Å²) in [5.74, 6) is 3.69. The number of Topliss-reactive ketones (excluding diaryl/α,β-unsaturated/α-hetero) is 2. The Balaban J connectivity index is 0.000000292. The van der Waals surface area contributed by atoms with E-state index in [1.807, 2.05) is 94.2 Å². The van der Waals surface area contributed by atoms with Gasteiger partial charge in [0, 0.05) is 87.5 Å². The van der Waals surface area contributed by atoms with Gasteiger partial charge in [-0.05, 0) is 214 Å². The third-order valence-electron chi connectivity index (χ3n) is 22.7. The fraction of sp³-hybridized carbons (Fsp3) is 0.485. The zero-order valence-corrected chi connectivity index (χ0v) is 80.8. The van der Waals surface area contributed by atoms with Crippen molar-refractivity contribution in [2.24, 2.45) is 23.7 Å². The largest absolute Gasteiger partial charge is 0 e. The molecule has 6 aromatic carbocycles. The molecule has 2 N–H and O–H groups in total. The van der Waals surface area contributed by atoms with E-state index >= 15 is 0 Å². The maximum absolute atomic E-state index is 11.7.